The van der Waals surface area contributed by atoms with E-state index in [0.717, 1.165) is 23.5 Å². The predicted molar refractivity (Wildman–Crippen MR) is 87.9 cm³/mol. The minimum atomic E-state index is -0.480. The molecule has 114 valence electrons. The molecule has 2 atom stereocenters. The van der Waals surface area contributed by atoms with Crippen molar-refractivity contribution in [3.8, 4) is 5.75 Å². The van der Waals surface area contributed by atoms with Gasteiger partial charge in [0.15, 0.2) is 0 Å². The summed E-state index contributed by atoms with van der Waals surface area (Å²) < 4.78 is 5.70. The number of nitrogens with one attached hydrogen (secondary N) is 1. The molecule has 1 aromatic rings. The SMILES string of the molecule is CSCCC(C)NCC(O)COc1cc(C)ccc1C. The molecule has 0 radical (unpaired) electrons. The van der Waals surface area contributed by atoms with Crippen LogP contribution in [-0.2, 0) is 0 Å². The lowest BCUT2D eigenvalue weighted by Crippen LogP contribution is -2.36. The normalized spacial score (nSPS) is 14.1. The van der Waals surface area contributed by atoms with E-state index in [4.69, 9.17) is 4.74 Å². The van der Waals surface area contributed by atoms with E-state index in [0.29, 0.717) is 19.2 Å². The molecular formula is C16H27NO2S. The Balaban J connectivity index is 2.29. The van der Waals surface area contributed by atoms with Crippen LogP contribution < -0.4 is 10.1 Å². The topological polar surface area (TPSA) is 41.5 Å². The van der Waals surface area contributed by atoms with Crippen molar-refractivity contribution in [2.45, 2.75) is 39.3 Å². The van der Waals surface area contributed by atoms with Gasteiger partial charge in [-0.25, -0.2) is 0 Å². The molecule has 4 heteroatoms. The first-order chi connectivity index (χ1) is 9.52. The van der Waals surface area contributed by atoms with Crippen LogP contribution in [0.25, 0.3) is 0 Å². The van der Waals surface area contributed by atoms with Gasteiger partial charge in [0.1, 0.15) is 18.5 Å². The minimum absolute atomic E-state index is 0.326. The molecule has 1 aromatic carbocycles. The van der Waals surface area contributed by atoms with Crippen LogP contribution in [0, 0.1) is 13.8 Å². The lowest BCUT2D eigenvalue weighted by molar-refractivity contribution is 0.103. The van der Waals surface area contributed by atoms with Crippen LogP contribution in [0.1, 0.15) is 24.5 Å². The standard InChI is InChI=1S/C16H27NO2S/c1-12-5-6-13(2)16(9-12)19-11-15(18)10-17-14(3)7-8-20-4/h5-6,9,14-15,17-18H,7-8,10-11H2,1-4H3. The molecule has 0 spiro atoms. The minimum Gasteiger partial charge on any atom is -0.491 e. The number of hydrogen-bond donors (Lipinski definition) is 2. The van der Waals surface area contributed by atoms with Crippen molar-refractivity contribution >= 4 is 11.8 Å². The van der Waals surface area contributed by atoms with E-state index in [2.05, 4.69) is 24.6 Å². The Hall–Kier alpha value is -0.710. The summed E-state index contributed by atoms with van der Waals surface area (Å²) in [7, 11) is 0. The van der Waals surface area contributed by atoms with E-state index in [1.54, 1.807) is 0 Å². The van der Waals surface area contributed by atoms with Crippen LogP contribution in [0.5, 0.6) is 5.75 Å². The zero-order valence-corrected chi connectivity index (χ0v) is 13.8. The summed E-state index contributed by atoms with van der Waals surface area (Å²) in [5.41, 5.74) is 2.27. The summed E-state index contributed by atoms with van der Waals surface area (Å²) in [6.07, 6.45) is 2.75. The van der Waals surface area contributed by atoms with Gasteiger partial charge in [0.05, 0.1) is 0 Å². The number of rotatable bonds is 9. The van der Waals surface area contributed by atoms with Crippen LogP contribution in [0.2, 0.25) is 0 Å². The van der Waals surface area contributed by atoms with Gasteiger partial charge >= 0.3 is 0 Å². The second-order valence-electron chi connectivity index (χ2n) is 5.32. The quantitative estimate of drug-likeness (QED) is 0.735. The van der Waals surface area contributed by atoms with Gasteiger partial charge in [-0.1, -0.05) is 12.1 Å². The molecule has 0 saturated carbocycles. The van der Waals surface area contributed by atoms with E-state index < -0.39 is 6.10 Å². The Morgan fingerprint density at radius 3 is 2.80 bits per heavy atom. The third kappa shape index (κ3) is 6.64. The molecule has 0 amide bonds. The fraction of sp³-hybridized carbons (Fsp3) is 0.625. The molecule has 0 aliphatic rings. The lowest BCUT2D eigenvalue weighted by Gasteiger charge is -2.18. The molecule has 0 aliphatic carbocycles. The van der Waals surface area contributed by atoms with Crippen molar-refractivity contribution in [3.63, 3.8) is 0 Å². The summed E-state index contributed by atoms with van der Waals surface area (Å²) in [5, 5.41) is 13.3. The molecule has 2 unspecified atom stereocenters. The Labute approximate surface area is 127 Å². The van der Waals surface area contributed by atoms with Crippen LogP contribution in [0.15, 0.2) is 18.2 Å². The number of hydrogen-bond acceptors (Lipinski definition) is 4. The van der Waals surface area contributed by atoms with Gasteiger partial charge in [0.25, 0.3) is 0 Å². The summed E-state index contributed by atoms with van der Waals surface area (Å²) in [6.45, 7) is 7.10. The number of aliphatic hydroxyl groups is 1. The molecule has 0 heterocycles. The second-order valence-corrected chi connectivity index (χ2v) is 6.31. The number of aliphatic hydroxyl groups excluding tert-OH is 1. The zero-order valence-electron chi connectivity index (χ0n) is 13.0. The van der Waals surface area contributed by atoms with Crippen molar-refractivity contribution in [2.24, 2.45) is 0 Å². The third-order valence-corrected chi connectivity index (χ3v) is 3.88. The van der Waals surface area contributed by atoms with Crippen LogP contribution in [-0.4, -0.2) is 42.4 Å². The Morgan fingerprint density at radius 2 is 2.10 bits per heavy atom. The van der Waals surface area contributed by atoms with Crippen molar-refractivity contribution in [1.29, 1.82) is 0 Å². The van der Waals surface area contributed by atoms with Gasteiger partial charge in [-0.3, -0.25) is 0 Å². The van der Waals surface area contributed by atoms with Gasteiger partial charge in [-0.05, 0) is 56.4 Å². The average Bonchev–Trinajstić information content (AvgIpc) is 2.43. The highest BCUT2D eigenvalue weighted by atomic mass is 32.2. The molecule has 0 fully saturated rings. The van der Waals surface area contributed by atoms with Gasteiger partial charge < -0.3 is 15.2 Å². The zero-order chi connectivity index (χ0) is 15.0. The summed E-state index contributed by atoms with van der Waals surface area (Å²) >= 11 is 1.85. The van der Waals surface area contributed by atoms with E-state index in [1.165, 1.54) is 5.56 Å². The molecule has 20 heavy (non-hydrogen) atoms. The molecule has 0 saturated heterocycles. The summed E-state index contributed by atoms with van der Waals surface area (Å²) in [5.74, 6) is 2.00. The molecular weight excluding hydrogens is 270 g/mol. The highest BCUT2D eigenvalue weighted by Crippen LogP contribution is 2.19. The first-order valence-electron chi connectivity index (χ1n) is 7.13. The maximum Gasteiger partial charge on any atom is 0.122 e. The van der Waals surface area contributed by atoms with Gasteiger partial charge in [0.2, 0.25) is 0 Å². The molecule has 2 N–H and O–H groups in total. The molecule has 3 nitrogen and oxygen atoms in total. The van der Waals surface area contributed by atoms with Crippen molar-refractivity contribution in [2.75, 3.05) is 25.2 Å². The fourth-order valence-electron chi connectivity index (χ4n) is 1.84. The molecule has 1 rings (SSSR count). The summed E-state index contributed by atoms with van der Waals surface area (Å²) in [4.78, 5) is 0. The first-order valence-corrected chi connectivity index (χ1v) is 8.52. The lowest BCUT2D eigenvalue weighted by atomic mass is 10.1. The Kier molecular flexibility index (Phi) is 8.04. The van der Waals surface area contributed by atoms with E-state index in [9.17, 15) is 5.11 Å². The fourth-order valence-corrected chi connectivity index (χ4v) is 2.43. The third-order valence-electron chi connectivity index (χ3n) is 3.23. The smallest absolute Gasteiger partial charge is 0.122 e. The van der Waals surface area contributed by atoms with Crippen molar-refractivity contribution < 1.29 is 9.84 Å². The number of aryl methyl sites for hydroxylation is 2. The van der Waals surface area contributed by atoms with Crippen LogP contribution >= 0.6 is 11.8 Å². The second kappa shape index (κ2) is 9.27. The Morgan fingerprint density at radius 1 is 1.35 bits per heavy atom. The Bertz CT molecular complexity index is 398. The number of thioether (sulfide) groups is 1. The van der Waals surface area contributed by atoms with Gasteiger partial charge in [-0.2, -0.15) is 11.8 Å². The largest absolute Gasteiger partial charge is 0.491 e. The maximum atomic E-state index is 9.95. The predicted octanol–water partition coefficient (Wildman–Crippen LogP) is 2.77. The van der Waals surface area contributed by atoms with E-state index in [-0.39, 0.29) is 0 Å². The highest BCUT2D eigenvalue weighted by molar-refractivity contribution is 7.98. The average molecular weight is 297 g/mol. The van der Waals surface area contributed by atoms with Crippen LogP contribution in [0.4, 0.5) is 0 Å². The maximum absolute atomic E-state index is 9.95. The summed E-state index contributed by atoms with van der Waals surface area (Å²) in [6, 6.07) is 6.54. The van der Waals surface area contributed by atoms with Crippen molar-refractivity contribution in [3.05, 3.63) is 29.3 Å². The number of benzene rings is 1. The molecule has 0 aromatic heterocycles. The monoisotopic (exact) mass is 297 g/mol. The van der Waals surface area contributed by atoms with Crippen LogP contribution in [0.3, 0.4) is 0 Å². The van der Waals surface area contributed by atoms with Gasteiger partial charge in [-0.15, -0.1) is 0 Å². The van der Waals surface area contributed by atoms with Gasteiger partial charge in [0, 0.05) is 12.6 Å². The van der Waals surface area contributed by atoms with E-state index in [1.807, 2.05) is 37.7 Å². The first kappa shape index (κ1) is 17.3. The van der Waals surface area contributed by atoms with Crippen molar-refractivity contribution in [1.82, 2.24) is 5.32 Å². The number of ether oxygens (including phenoxy) is 1. The highest BCUT2D eigenvalue weighted by Gasteiger charge is 2.09. The molecule has 0 aliphatic heterocycles. The molecule has 0 bridgehead atoms. The van der Waals surface area contributed by atoms with E-state index >= 15 is 0 Å².